The number of fused-ring (bicyclic) bond motifs is 5. The average Bonchev–Trinajstić information content (AvgIpc) is 3.06. The van der Waals surface area contributed by atoms with Crippen molar-refractivity contribution in [1.82, 2.24) is 4.98 Å². The van der Waals surface area contributed by atoms with Crippen LogP contribution in [0.4, 0.5) is 5.69 Å². The van der Waals surface area contributed by atoms with Crippen molar-refractivity contribution in [3.05, 3.63) is 83.2 Å². The summed E-state index contributed by atoms with van der Waals surface area (Å²) < 4.78 is 2.36. The molecule has 4 nitrogen and oxygen atoms in total. The second-order valence-corrected chi connectivity index (χ2v) is 7.15. The molecule has 0 amide bonds. The molecule has 0 N–H and O–H groups in total. The highest BCUT2D eigenvalue weighted by atomic mass is 32.1. The lowest BCUT2D eigenvalue weighted by Gasteiger charge is -2.09. The summed E-state index contributed by atoms with van der Waals surface area (Å²) in [7, 11) is 0. The summed E-state index contributed by atoms with van der Waals surface area (Å²) in [5.74, 6) is 0. The van der Waals surface area contributed by atoms with Crippen molar-refractivity contribution in [3.8, 4) is 11.1 Å². The third-order valence-electron chi connectivity index (χ3n) is 4.67. The highest BCUT2D eigenvalue weighted by Gasteiger charge is 2.19. The Morgan fingerprint density at radius 2 is 1.65 bits per heavy atom. The van der Waals surface area contributed by atoms with Crippen LogP contribution in [0.25, 0.3) is 42.1 Å². The van der Waals surface area contributed by atoms with E-state index in [2.05, 4.69) is 23.2 Å². The largest absolute Gasteiger partial charge is 0.277 e. The van der Waals surface area contributed by atoms with Gasteiger partial charge in [-0.3, -0.25) is 15.1 Å². The van der Waals surface area contributed by atoms with E-state index < -0.39 is 0 Å². The molecule has 2 aromatic heterocycles. The van der Waals surface area contributed by atoms with Gasteiger partial charge in [-0.05, 0) is 35.2 Å². The van der Waals surface area contributed by atoms with Crippen LogP contribution in [0.3, 0.4) is 0 Å². The number of para-hydroxylation sites is 1. The van der Waals surface area contributed by atoms with E-state index in [1.165, 1.54) is 4.70 Å². The van der Waals surface area contributed by atoms with E-state index in [1.54, 1.807) is 29.7 Å². The third-order valence-corrected chi connectivity index (χ3v) is 5.89. The molecule has 26 heavy (non-hydrogen) atoms. The van der Waals surface area contributed by atoms with Gasteiger partial charge in [-0.1, -0.05) is 30.3 Å². The first kappa shape index (κ1) is 15.0. The Morgan fingerprint density at radius 3 is 2.54 bits per heavy atom. The zero-order valence-electron chi connectivity index (χ0n) is 13.5. The topological polar surface area (TPSA) is 56.0 Å². The smallest absolute Gasteiger partial charge is 0.264 e. The number of hydrogen-bond donors (Lipinski definition) is 0. The van der Waals surface area contributed by atoms with Crippen molar-refractivity contribution in [1.29, 1.82) is 0 Å². The lowest BCUT2D eigenvalue weighted by atomic mass is 9.95. The molecule has 0 aliphatic carbocycles. The number of nitrogens with zero attached hydrogens (tertiary/aromatic N) is 2. The molecule has 5 rings (SSSR count). The lowest BCUT2D eigenvalue weighted by molar-refractivity contribution is -0.384. The van der Waals surface area contributed by atoms with Crippen LogP contribution in [0.2, 0.25) is 0 Å². The van der Waals surface area contributed by atoms with Gasteiger partial charge in [-0.25, -0.2) is 0 Å². The van der Waals surface area contributed by atoms with Gasteiger partial charge in [0.1, 0.15) is 0 Å². The number of rotatable bonds is 2. The lowest BCUT2D eigenvalue weighted by Crippen LogP contribution is -1.92. The molecule has 0 radical (unpaired) electrons. The van der Waals surface area contributed by atoms with Crippen molar-refractivity contribution in [2.45, 2.75) is 0 Å². The third kappa shape index (κ3) is 2.11. The summed E-state index contributed by atoms with van der Waals surface area (Å²) >= 11 is 1.73. The normalized spacial score (nSPS) is 11.4. The predicted molar refractivity (Wildman–Crippen MR) is 107 cm³/mol. The molecule has 124 valence electrons. The maximum absolute atomic E-state index is 11.6. The molecule has 0 aliphatic heterocycles. The van der Waals surface area contributed by atoms with E-state index >= 15 is 0 Å². The maximum atomic E-state index is 11.6. The van der Waals surface area contributed by atoms with Crippen LogP contribution >= 0.6 is 11.3 Å². The molecule has 5 heteroatoms. The van der Waals surface area contributed by atoms with E-state index in [0.29, 0.717) is 5.56 Å². The average molecular weight is 356 g/mol. The summed E-state index contributed by atoms with van der Waals surface area (Å²) in [6.07, 6.45) is 3.59. The standard InChI is InChI=1S/C21H12N2O2S/c24-23(25)19-7-3-1-5-14(19)16-11-17-15-6-2-4-8-20(15)26-21(17)18-12-22-10-9-13(16)18/h1-12H. The fraction of sp³-hybridized carbons (Fsp3) is 0. The SMILES string of the molecule is O=[N+]([O-])c1ccccc1-c1cc2c3ccccc3sc2c2cnccc12. The molecule has 0 saturated heterocycles. The van der Waals surface area contributed by atoms with Gasteiger partial charge in [0.2, 0.25) is 0 Å². The first-order valence-corrected chi connectivity index (χ1v) is 8.97. The summed E-state index contributed by atoms with van der Waals surface area (Å²) in [6.45, 7) is 0. The van der Waals surface area contributed by atoms with Crippen LogP contribution in [0.15, 0.2) is 73.1 Å². The van der Waals surface area contributed by atoms with Crippen molar-refractivity contribution in [2.75, 3.05) is 0 Å². The fourth-order valence-electron chi connectivity index (χ4n) is 3.52. The van der Waals surface area contributed by atoms with Gasteiger partial charge in [0, 0.05) is 44.0 Å². The van der Waals surface area contributed by atoms with Gasteiger partial charge < -0.3 is 0 Å². The molecule has 0 atom stereocenters. The zero-order valence-corrected chi connectivity index (χ0v) is 14.4. The molecular weight excluding hydrogens is 344 g/mol. The molecule has 0 fully saturated rings. The number of thiophene rings is 1. The molecule has 0 unspecified atom stereocenters. The van der Waals surface area contributed by atoms with Crippen molar-refractivity contribution in [2.24, 2.45) is 0 Å². The van der Waals surface area contributed by atoms with Gasteiger partial charge in [0.15, 0.2) is 0 Å². The number of aromatic nitrogens is 1. The number of hydrogen-bond acceptors (Lipinski definition) is 4. The van der Waals surface area contributed by atoms with Crippen molar-refractivity contribution >= 4 is 48.0 Å². The number of pyridine rings is 1. The second kappa shape index (κ2) is 5.61. The van der Waals surface area contributed by atoms with Gasteiger partial charge in [-0.15, -0.1) is 11.3 Å². The number of nitro groups is 1. The molecule has 0 aliphatic rings. The summed E-state index contributed by atoms with van der Waals surface area (Å²) in [5, 5.41) is 15.8. The van der Waals surface area contributed by atoms with Gasteiger partial charge >= 0.3 is 0 Å². The van der Waals surface area contributed by atoms with Crippen LogP contribution in [-0.2, 0) is 0 Å². The minimum absolute atomic E-state index is 0.115. The van der Waals surface area contributed by atoms with Crippen LogP contribution < -0.4 is 0 Å². The Kier molecular flexibility index (Phi) is 3.23. The second-order valence-electron chi connectivity index (χ2n) is 6.09. The molecule has 0 saturated carbocycles. The summed E-state index contributed by atoms with van der Waals surface area (Å²) in [4.78, 5) is 15.5. The Hall–Kier alpha value is -3.31. The van der Waals surface area contributed by atoms with Gasteiger partial charge in [0.05, 0.1) is 10.5 Å². The van der Waals surface area contributed by atoms with E-state index in [-0.39, 0.29) is 10.6 Å². The van der Waals surface area contributed by atoms with Crippen LogP contribution in [0, 0.1) is 10.1 Å². The van der Waals surface area contributed by atoms with Gasteiger partial charge in [-0.2, -0.15) is 0 Å². The number of nitro benzene ring substituents is 1. The van der Waals surface area contributed by atoms with Gasteiger partial charge in [0.25, 0.3) is 5.69 Å². The Balaban J connectivity index is 1.99. The van der Waals surface area contributed by atoms with E-state index in [0.717, 1.165) is 31.8 Å². The first-order chi connectivity index (χ1) is 12.7. The Bertz CT molecular complexity index is 1320. The molecule has 2 heterocycles. The molecule has 0 spiro atoms. The predicted octanol–water partition coefficient (Wildman–Crippen LogP) is 6.18. The summed E-state index contributed by atoms with van der Waals surface area (Å²) in [5.41, 5.74) is 1.61. The van der Waals surface area contributed by atoms with E-state index in [1.807, 2.05) is 36.5 Å². The van der Waals surface area contributed by atoms with Crippen LogP contribution in [0.5, 0.6) is 0 Å². The summed E-state index contributed by atoms with van der Waals surface area (Å²) in [6, 6.07) is 19.2. The van der Waals surface area contributed by atoms with E-state index in [4.69, 9.17) is 0 Å². The van der Waals surface area contributed by atoms with E-state index in [9.17, 15) is 10.1 Å². The highest BCUT2D eigenvalue weighted by molar-refractivity contribution is 7.26. The molecular formula is C21H12N2O2S. The van der Waals surface area contributed by atoms with Crippen LogP contribution in [0.1, 0.15) is 0 Å². The minimum atomic E-state index is -0.321. The first-order valence-electron chi connectivity index (χ1n) is 8.16. The molecule has 5 aromatic rings. The Labute approximate surface area is 152 Å². The van der Waals surface area contributed by atoms with Crippen molar-refractivity contribution < 1.29 is 4.92 Å². The fourth-order valence-corrected chi connectivity index (χ4v) is 4.73. The maximum Gasteiger partial charge on any atom is 0.277 e. The monoisotopic (exact) mass is 356 g/mol. The molecule has 0 bridgehead atoms. The highest BCUT2D eigenvalue weighted by Crippen LogP contribution is 2.43. The molecule has 3 aromatic carbocycles. The van der Waals surface area contributed by atoms with Crippen LogP contribution in [-0.4, -0.2) is 9.91 Å². The quantitative estimate of drug-likeness (QED) is 0.280. The Morgan fingerprint density at radius 1 is 0.846 bits per heavy atom. The van der Waals surface area contributed by atoms with Crippen molar-refractivity contribution in [3.63, 3.8) is 0 Å². The minimum Gasteiger partial charge on any atom is -0.264 e. The number of benzene rings is 3. The zero-order chi connectivity index (χ0) is 17.7.